The lowest BCUT2D eigenvalue weighted by molar-refractivity contribution is -0.117. The fraction of sp³-hybridized carbons (Fsp3) is 0.192. The number of carbonyl (C=O) groups excluding carboxylic acids is 1. The Labute approximate surface area is 181 Å². The third-order valence-electron chi connectivity index (χ3n) is 5.63. The third kappa shape index (κ3) is 3.79. The van der Waals surface area contributed by atoms with Crippen molar-refractivity contribution < 1.29 is 19.0 Å². The second kappa shape index (κ2) is 8.26. The van der Waals surface area contributed by atoms with Crippen molar-refractivity contribution in [3.05, 3.63) is 101 Å². The van der Waals surface area contributed by atoms with Gasteiger partial charge in [0.05, 0.1) is 13.2 Å². The molecule has 1 aliphatic rings. The molecule has 31 heavy (non-hydrogen) atoms. The van der Waals surface area contributed by atoms with Crippen LogP contribution in [0.25, 0.3) is 5.57 Å². The van der Waals surface area contributed by atoms with Crippen LogP contribution in [0, 0.1) is 5.82 Å². The Hall–Kier alpha value is -3.60. The van der Waals surface area contributed by atoms with Gasteiger partial charge in [0.15, 0.2) is 5.76 Å². The van der Waals surface area contributed by atoms with Gasteiger partial charge in [0, 0.05) is 11.3 Å². The summed E-state index contributed by atoms with van der Waals surface area (Å²) in [6, 6.07) is 20.4. The highest BCUT2D eigenvalue weighted by molar-refractivity contribution is 6.16. The molecule has 4 nitrogen and oxygen atoms in total. The normalized spacial score (nSPS) is 16.4. The van der Waals surface area contributed by atoms with Crippen LogP contribution in [0.1, 0.15) is 42.5 Å². The number of anilines is 1. The van der Waals surface area contributed by atoms with Crippen molar-refractivity contribution in [2.24, 2.45) is 0 Å². The second-order valence-corrected chi connectivity index (χ2v) is 7.87. The molecule has 0 aliphatic carbocycles. The third-order valence-corrected chi connectivity index (χ3v) is 5.63. The van der Waals surface area contributed by atoms with Gasteiger partial charge in [-0.2, -0.15) is 0 Å². The summed E-state index contributed by atoms with van der Waals surface area (Å²) in [4.78, 5) is 14.7. The van der Waals surface area contributed by atoms with Crippen LogP contribution in [-0.2, 0) is 4.79 Å². The van der Waals surface area contributed by atoms with Crippen molar-refractivity contribution >= 4 is 17.2 Å². The summed E-state index contributed by atoms with van der Waals surface area (Å²) >= 11 is 0. The van der Waals surface area contributed by atoms with Gasteiger partial charge >= 0.3 is 0 Å². The molecular weight excluding hydrogens is 393 g/mol. The molecule has 158 valence electrons. The maximum Gasteiger partial charge on any atom is 0.294 e. The number of methoxy groups -OCH3 is 1. The summed E-state index contributed by atoms with van der Waals surface area (Å²) in [7, 11) is 1.58. The van der Waals surface area contributed by atoms with E-state index in [1.807, 2.05) is 36.4 Å². The Morgan fingerprint density at radius 3 is 2.10 bits per heavy atom. The number of carbonyl (C=O) groups is 1. The number of halogens is 1. The Morgan fingerprint density at radius 2 is 1.55 bits per heavy atom. The van der Waals surface area contributed by atoms with Gasteiger partial charge in [-0.3, -0.25) is 9.69 Å². The number of benzene rings is 3. The number of rotatable bonds is 5. The lowest BCUT2D eigenvalue weighted by Gasteiger charge is -2.28. The average molecular weight is 417 g/mol. The summed E-state index contributed by atoms with van der Waals surface area (Å²) in [5.74, 6) is -0.164. The van der Waals surface area contributed by atoms with E-state index in [-0.39, 0.29) is 11.6 Å². The maximum atomic E-state index is 13.5. The number of ether oxygens (including phenoxy) is 1. The fourth-order valence-electron chi connectivity index (χ4n) is 3.92. The number of nitrogens with zero attached hydrogens (tertiary/aromatic N) is 1. The van der Waals surface area contributed by atoms with Gasteiger partial charge in [-0.15, -0.1) is 0 Å². The topological polar surface area (TPSA) is 49.8 Å². The van der Waals surface area contributed by atoms with Gasteiger partial charge in [0.2, 0.25) is 0 Å². The predicted octanol–water partition coefficient (Wildman–Crippen LogP) is 6.01. The molecule has 4 rings (SSSR count). The van der Waals surface area contributed by atoms with E-state index in [0.29, 0.717) is 28.5 Å². The molecule has 1 unspecified atom stereocenters. The highest BCUT2D eigenvalue weighted by atomic mass is 19.1. The first-order chi connectivity index (χ1) is 14.9. The Morgan fingerprint density at radius 1 is 0.935 bits per heavy atom. The standard InChI is InChI=1S/C26H24FNO3/c1-16(2)17-4-6-19(7-5-17)24-23(18-8-14-22(31-3)15-9-18)25(29)26(30)28(24)21-12-10-20(27)11-13-21/h4-16,24,29H,1-3H3. The molecule has 0 bridgehead atoms. The lowest BCUT2D eigenvalue weighted by atomic mass is 9.91. The van der Waals surface area contributed by atoms with E-state index in [2.05, 4.69) is 13.8 Å². The minimum absolute atomic E-state index is 0.313. The molecule has 1 heterocycles. The van der Waals surface area contributed by atoms with Gasteiger partial charge in [-0.25, -0.2) is 4.39 Å². The van der Waals surface area contributed by atoms with Gasteiger partial charge in [0.25, 0.3) is 5.91 Å². The summed E-state index contributed by atoms with van der Waals surface area (Å²) in [5.41, 5.74) is 3.78. The summed E-state index contributed by atoms with van der Waals surface area (Å²) in [5, 5.41) is 10.9. The van der Waals surface area contributed by atoms with Crippen molar-refractivity contribution in [2.45, 2.75) is 25.8 Å². The van der Waals surface area contributed by atoms with E-state index in [0.717, 1.165) is 5.56 Å². The van der Waals surface area contributed by atoms with E-state index in [4.69, 9.17) is 4.74 Å². The first-order valence-corrected chi connectivity index (χ1v) is 10.2. The van der Waals surface area contributed by atoms with Crippen molar-refractivity contribution in [1.82, 2.24) is 0 Å². The van der Waals surface area contributed by atoms with Crippen molar-refractivity contribution in [3.8, 4) is 5.75 Å². The molecule has 1 N–H and O–H groups in total. The highest BCUT2D eigenvalue weighted by Crippen LogP contribution is 2.45. The molecule has 5 heteroatoms. The van der Waals surface area contributed by atoms with Gasteiger partial charge < -0.3 is 9.84 Å². The average Bonchev–Trinajstić information content (AvgIpc) is 3.05. The van der Waals surface area contributed by atoms with Crippen LogP contribution in [0.15, 0.2) is 78.6 Å². The molecule has 0 saturated heterocycles. The van der Waals surface area contributed by atoms with Crippen molar-refractivity contribution in [3.63, 3.8) is 0 Å². The number of amides is 1. The molecule has 0 fully saturated rings. The molecule has 3 aromatic rings. The zero-order chi connectivity index (χ0) is 22.1. The van der Waals surface area contributed by atoms with Crippen LogP contribution in [0.5, 0.6) is 5.75 Å². The van der Waals surface area contributed by atoms with Gasteiger partial charge in [0.1, 0.15) is 11.6 Å². The molecule has 0 spiro atoms. The van der Waals surface area contributed by atoms with Crippen LogP contribution in [0.2, 0.25) is 0 Å². The lowest BCUT2D eigenvalue weighted by Crippen LogP contribution is -2.30. The van der Waals surface area contributed by atoms with E-state index in [1.165, 1.54) is 22.6 Å². The summed E-state index contributed by atoms with van der Waals surface area (Å²) in [6.45, 7) is 4.24. The van der Waals surface area contributed by atoms with Crippen LogP contribution in [0.4, 0.5) is 10.1 Å². The Bertz CT molecular complexity index is 1120. The first-order valence-electron chi connectivity index (χ1n) is 10.2. The second-order valence-electron chi connectivity index (χ2n) is 7.87. The monoisotopic (exact) mass is 417 g/mol. The molecule has 0 radical (unpaired) electrons. The van der Waals surface area contributed by atoms with E-state index in [9.17, 15) is 14.3 Å². The molecular formula is C26H24FNO3. The highest BCUT2D eigenvalue weighted by Gasteiger charge is 2.42. The quantitative estimate of drug-likeness (QED) is 0.553. The zero-order valence-corrected chi connectivity index (χ0v) is 17.7. The number of aliphatic hydroxyl groups is 1. The van der Waals surface area contributed by atoms with Gasteiger partial charge in [-0.05, 0) is 59.0 Å². The summed E-state index contributed by atoms with van der Waals surface area (Å²) in [6.07, 6.45) is 0. The smallest absolute Gasteiger partial charge is 0.294 e. The van der Waals surface area contributed by atoms with E-state index < -0.39 is 11.9 Å². The molecule has 1 atom stereocenters. The van der Waals surface area contributed by atoms with Crippen LogP contribution in [0.3, 0.4) is 0 Å². The summed E-state index contributed by atoms with van der Waals surface area (Å²) < 4.78 is 18.8. The van der Waals surface area contributed by atoms with Gasteiger partial charge in [-0.1, -0.05) is 50.2 Å². The molecule has 0 saturated carbocycles. The molecule has 1 aliphatic heterocycles. The number of hydrogen-bond donors (Lipinski definition) is 1. The first kappa shape index (κ1) is 20.7. The van der Waals surface area contributed by atoms with E-state index in [1.54, 1.807) is 31.4 Å². The van der Waals surface area contributed by atoms with E-state index >= 15 is 0 Å². The zero-order valence-electron chi connectivity index (χ0n) is 17.7. The van der Waals surface area contributed by atoms with Crippen LogP contribution in [-0.4, -0.2) is 18.1 Å². The SMILES string of the molecule is COc1ccc(C2=C(O)C(=O)N(c3ccc(F)cc3)C2c2ccc(C(C)C)cc2)cc1. The minimum Gasteiger partial charge on any atom is -0.503 e. The maximum absolute atomic E-state index is 13.5. The molecule has 3 aromatic carbocycles. The molecule has 0 aromatic heterocycles. The Kier molecular flexibility index (Phi) is 5.51. The number of hydrogen-bond acceptors (Lipinski definition) is 3. The Balaban J connectivity index is 1.86. The van der Waals surface area contributed by atoms with Crippen molar-refractivity contribution in [1.29, 1.82) is 0 Å². The molecule has 1 amide bonds. The van der Waals surface area contributed by atoms with Crippen molar-refractivity contribution in [2.75, 3.05) is 12.0 Å². The minimum atomic E-state index is -0.549. The number of aliphatic hydroxyl groups excluding tert-OH is 1. The fourth-order valence-corrected chi connectivity index (χ4v) is 3.92. The largest absolute Gasteiger partial charge is 0.503 e. The van der Waals surface area contributed by atoms with Crippen LogP contribution >= 0.6 is 0 Å². The predicted molar refractivity (Wildman–Crippen MR) is 120 cm³/mol. The van der Waals surface area contributed by atoms with Crippen LogP contribution < -0.4 is 9.64 Å².